The van der Waals surface area contributed by atoms with Crippen LogP contribution in [0.1, 0.15) is 21.9 Å². The van der Waals surface area contributed by atoms with E-state index in [1.54, 1.807) is 11.8 Å². The number of nitrogens with zero attached hydrogens (tertiary/aromatic N) is 2. The molecule has 0 fully saturated rings. The number of hydrogen-bond donors (Lipinski definition) is 0. The molecule has 1 heterocycles. The standard InChI is InChI=1S/C21H16N2S/c1-4-10-16(11-5-1)19-20(17-12-6-2-7-13-17)24-21(23-22-19)18-14-8-3-9-15-18/h1-15,20H. The summed E-state index contributed by atoms with van der Waals surface area (Å²) in [7, 11) is 0. The Balaban J connectivity index is 1.79. The van der Waals surface area contributed by atoms with Crippen LogP contribution < -0.4 is 0 Å². The third kappa shape index (κ3) is 3.03. The Morgan fingerprint density at radius 3 is 1.75 bits per heavy atom. The first kappa shape index (κ1) is 14.9. The first-order chi connectivity index (χ1) is 11.9. The van der Waals surface area contributed by atoms with Crippen molar-refractivity contribution in [3.8, 4) is 0 Å². The van der Waals surface area contributed by atoms with Crippen LogP contribution in [0.15, 0.2) is 101 Å². The van der Waals surface area contributed by atoms with Crippen molar-refractivity contribution >= 4 is 22.5 Å². The summed E-state index contributed by atoms with van der Waals surface area (Å²) in [6, 6.07) is 31.1. The van der Waals surface area contributed by atoms with E-state index in [9.17, 15) is 0 Å². The van der Waals surface area contributed by atoms with E-state index >= 15 is 0 Å². The Hall–Kier alpha value is -2.65. The average Bonchev–Trinajstić information content (AvgIpc) is 2.69. The van der Waals surface area contributed by atoms with E-state index in [1.807, 2.05) is 42.5 Å². The second-order valence-electron chi connectivity index (χ2n) is 5.53. The van der Waals surface area contributed by atoms with Gasteiger partial charge in [0.25, 0.3) is 0 Å². The fourth-order valence-corrected chi connectivity index (χ4v) is 3.89. The Morgan fingerprint density at radius 2 is 1.12 bits per heavy atom. The monoisotopic (exact) mass is 328 g/mol. The average molecular weight is 328 g/mol. The molecule has 3 aromatic rings. The minimum absolute atomic E-state index is 0.140. The van der Waals surface area contributed by atoms with Gasteiger partial charge >= 0.3 is 0 Å². The molecule has 4 rings (SSSR count). The Morgan fingerprint density at radius 1 is 0.583 bits per heavy atom. The van der Waals surface area contributed by atoms with Gasteiger partial charge in [0.1, 0.15) is 5.04 Å². The van der Waals surface area contributed by atoms with Crippen molar-refractivity contribution < 1.29 is 0 Å². The molecule has 1 atom stereocenters. The molecule has 24 heavy (non-hydrogen) atoms. The third-order valence-corrected chi connectivity index (χ3v) is 5.19. The van der Waals surface area contributed by atoms with Gasteiger partial charge in [0.2, 0.25) is 0 Å². The van der Waals surface area contributed by atoms with Gasteiger partial charge in [-0.2, -0.15) is 5.10 Å². The van der Waals surface area contributed by atoms with Crippen molar-refractivity contribution in [1.82, 2.24) is 0 Å². The lowest BCUT2D eigenvalue weighted by molar-refractivity contribution is 1.16. The van der Waals surface area contributed by atoms with Gasteiger partial charge in [-0.1, -0.05) is 103 Å². The first-order valence-corrected chi connectivity index (χ1v) is 8.78. The molecular formula is C21H16N2S. The van der Waals surface area contributed by atoms with E-state index in [4.69, 9.17) is 0 Å². The van der Waals surface area contributed by atoms with Crippen LogP contribution >= 0.6 is 11.8 Å². The van der Waals surface area contributed by atoms with Gasteiger partial charge in [0.15, 0.2) is 0 Å². The van der Waals surface area contributed by atoms with Gasteiger partial charge in [-0.15, -0.1) is 5.10 Å². The van der Waals surface area contributed by atoms with Gasteiger partial charge < -0.3 is 0 Å². The van der Waals surface area contributed by atoms with Crippen LogP contribution in [-0.4, -0.2) is 10.8 Å². The number of thioether (sulfide) groups is 1. The maximum atomic E-state index is 4.60. The Bertz CT molecular complexity index is 871. The summed E-state index contributed by atoms with van der Waals surface area (Å²) < 4.78 is 0. The molecule has 1 aliphatic rings. The van der Waals surface area contributed by atoms with E-state index < -0.39 is 0 Å². The summed E-state index contributed by atoms with van der Waals surface area (Å²) in [6.07, 6.45) is 0. The predicted octanol–water partition coefficient (Wildman–Crippen LogP) is 5.33. The summed E-state index contributed by atoms with van der Waals surface area (Å²) in [6.45, 7) is 0. The van der Waals surface area contributed by atoms with Crippen molar-refractivity contribution in [3.05, 3.63) is 108 Å². The Kier molecular flexibility index (Phi) is 4.26. The van der Waals surface area contributed by atoms with Gasteiger partial charge in [0.05, 0.1) is 11.0 Å². The highest BCUT2D eigenvalue weighted by molar-refractivity contribution is 8.15. The zero-order chi connectivity index (χ0) is 16.2. The van der Waals surface area contributed by atoms with Crippen molar-refractivity contribution in [2.45, 2.75) is 5.25 Å². The highest BCUT2D eigenvalue weighted by atomic mass is 32.2. The minimum Gasteiger partial charge on any atom is -0.152 e. The molecule has 0 spiro atoms. The SMILES string of the molecule is c1ccc(C2=NN=C(c3ccccc3)C(c3ccccc3)S2)cc1. The van der Waals surface area contributed by atoms with E-state index in [0.717, 1.165) is 21.9 Å². The molecule has 3 heteroatoms. The van der Waals surface area contributed by atoms with Crippen molar-refractivity contribution in [1.29, 1.82) is 0 Å². The van der Waals surface area contributed by atoms with Crippen LogP contribution in [0.25, 0.3) is 0 Å². The molecule has 0 saturated heterocycles. The summed E-state index contributed by atoms with van der Waals surface area (Å²) in [4.78, 5) is 0. The topological polar surface area (TPSA) is 24.7 Å². The molecule has 0 bridgehead atoms. The van der Waals surface area contributed by atoms with Gasteiger partial charge in [-0.3, -0.25) is 0 Å². The summed E-state index contributed by atoms with van der Waals surface area (Å²) in [5.41, 5.74) is 4.48. The van der Waals surface area contributed by atoms with Crippen LogP contribution in [0.5, 0.6) is 0 Å². The molecule has 0 saturated carbocycles. The van der Waals surface area contributed by atoms with Gasteiger partial charge in [-0.05, 0) is 11.1 Å². The molecule has 0 aliphatic carbocycles. The number of hydrogen-bond acceptors (Lipinski definition) is 3. The zero-order valence-corrected chi connectivity index (χ0v) is 13.9. The fraction of sp³-hybridized carbons (Fsp3) is 0.0476. The first-order valence-electron chi connectivity index (χ1n) is 7.90. The second-order valence-corrected chi connectivity index (χ2v) is 6.62. The normalized spacial score (nSPS) is 17.1. The molecule has 1 unspecified atom stereocenters. The van der Waals surface area contributed by atoms with Crippen molar-refractivity contribution in [2.24, 2.45) is 10.2 Å². The molecule has 0 amide bonds. The fourth-order valence-electron chi connectivity index (χ4n) is 2.72. The van der Waals surface area contributed by atoms with Crippen molar-refractivity contribution in [3.63, 3.8) is 0 Å². The molecule has 0 N–H and O–H groups in total. The lowest BCUT2D eigenvalue weighted by atomic mass is 10.0. The number of benzene rings is 3. The minimum atomic E-state index is 0.140. The molecule has 116 valence electrons. The van der Waals surface area contributed by atoms with Crippen LogP contribution in [0.4, 0.5) is 0 Å². The van der Waals surface area contributed by atoms with Gasteiger partial charge in [0, 0.05) is 5.56 Å². The van der Waals surface area contributed by atoms with Crippen LogP contribution in [0.3, 0.4) is 0 Å². The second kappa shape index (κ2) is 6.85. The van der Waals surface area contributed by atoms with Gasteiger partial charge in [-0.25, -0.2) is 0 Å². The highest BCUT2D eigenvalue weighted by Gasteiger charge is 2.26. The molecule has 0 radical (unpaired) electrons. The molecule has 0 aromatic heterocycles. The van der Waals surface area contributed by atoms with E-state index in [0.29, 0.717) is 0 Å². The van der Waals surface area contributed by atoms with Crippen molar-refractivity contribution in [2.75, 3.05) is 0 Å². The lowest BCUT2D eigenvalue weighted by Crippen LogP contribution is -2.17. The molecular weight excluding hydrogens is 312 g/mol. The predicted molar refractivity (Wildman–Crippen MR) is 103 cm³/mol. The van der Waals surface area contributed by atoms with E-state index in [2.05, 4.69) is 58.7 Å². The molecule has 2 nitrogen and oxygen atoms in total. The van der Waals surface area contributed by atoms with E-state index in [-0.39, 0.29) is 5.25 Å². The smallest absolute Gasteiger partial charge is 0.127 e. The number of rotatable bonds is 3. The maximum absolute atomic E-state index is 4.60. The molecule has 3 aromatic carbocycles. The maximum Gasteiger partial charge on any atom is 0.127 e. The van der Waals surface area contributed by atoms with E-state index in [1.165, 1.54) is 5.56 Å². The zero-order valence-electron chi connectivity index (χ0n) is 13.0. The largest absolute Gasteiger partial charge is 0.152 e. The van der Waals surface area contributed by atoms with Crippen LogP contribution in [0, 0.1) is 0 Å². The Labute approximate surface area is 146 Å². The van der Waals surface area contributed by atoms with Crippen LogP contribution in [0.2, 0.25) is 0 Å². The lowest BCUT2D eigenvalue weighted by Gasteiger charge is -2.23. The summed E-state index contributed by atoms with van der Waals surface area (Å²) >= 11 is 1.76. The molecule has 1 aliphatic heterocycles. The highest BCUT2D eigenvalue weighted by Crippen LogP contribution is 2.38. The van der Waals surface area contributed by atoms with Crippen LogP contribution in [-0.2, 0) is 0 Å². The quantitative estimate of drug-likeness (QED) is 0.638. The summed E-state index contributed by atoms with van der Waals surface area (Å²) in [5, 5.41) is 10.2. The summed E-state index contributed by atoms with van der Waals surface area (Å²) in [5.74, 6) is 0. The third-order valence-electron chi connectivity index (χ3n) is 3.92.